The van der Waals surface area contributed by atoms with Crippen LogP contribution < -0.4 is 4.90 Å². The van der Waals surface area contributed by atoms with E-state index in [2.05, 4.69) is 39.5 Å². The van der Waals surface area contributed by atoms with Gasteiger partial charge in [0.1, 0.15) is 0 Å². The molecule has 0 unspecified atom stereocenters. The highest BCUT2D eigenvalue weighted by atomic mass is 35.5. The quantitative estimate of drug-likeness (QED) is 0.658. The third-order valence-corrected chi connectivity index (χ3v) is 4.85. The minimum absolute atomic E-state index is 0. The van der Waals surface area contributed by atoms with Gasteiger partial charge < -0.3 is 9.64 Å². The van der Waals surface area contributed by atoms with Gasteiger partial charge >= 0.3 is 0 Å². The third kappa shape index (κ3) is 3.61. The molecule has 23 heavy (non-hydrogen) atoms. The van der Waals surface area contributed by atoms with E-state index in [1.165, 1.54) is 26.9 Å². The Hall–Kier alpha value is -1.33. The number of halogens is 2. The summed E-state index contributed by atoms with van der Waals surface area (Å²) in [5.74, 6) is 0. The molecule has 2 aromatic heterocycles. The zero-order valence-electron chi connectivity index (χ0n) is 12.5. The van der Waals surface area contributed by atoms with E-state index in [0.717, 1.165) is 26.3 Å². The van der Waals surface area contributed by atoms with Gasteiger partial charge in [-0.15, -0.1) is 36.2 Å². The zero-order valence-corrected chi connectivity index (χ0v) is 14.9. The first-order valence-corrected chi connectivity index (χ1v) is 8.04. The number of pyridine rings is 1. The number of fused-ring (bicyclic) bond motifs is 1. The van der Waals surface area contributed by atoms with Crippen LogP contribution in [0.1, 0.15) is 0 Å². The number of morpholine rings is 1. The fourth-order valence-electron chi connectivity index (χ4n) is 2.78. The van der Waals surface area contributed by atoms with E-state index in [-0.39, 0.29) is 24.8 Å². The smallest absolute Gasteiger partial charge is 0.0642 e. The Kier molecular flexibility index (Phi) is 6.25. The van der Waals surface area contributed by atoms with Crippen LogP contribution in [0.5, 0.6) is 0 Å². The second-order valence-corrected chi connectivity index (χ2v) is 6.08. The van der Waals surface area contributed by atoms with Crippen LogP contribution in [0.2, 0.25) is 0 Å². The summed E-state index contributed by atoms with van der Waals surface area (Å²) in [5.41, 5.74) is 3.75. The molecule has 0 aliphatic carbocycles. The molecule has 3 nitrogen and oxygen atoms in total. The molecule has 0 saturated carbocycles. The molecule has 1 aliphatic heterocycles. The molecule has 122 valence electrons. The van der Waals surface area contributed by atoms with Gasteiger partial charge in [-0.1, -0.05) is 12.1 Å². The van der Waals surface area contributed by atoms with Gasteiger partial charge in [0.15, 0.2) is 0 Å². The van der Waals surface area contributed by atoms with Crippen LogP contribution in [-0.4, -0.2) is 31.3 Å². The lowest BCUT2D eigenvalue weighted by Crippen LogP contribution is -2.36. The lowest BCUT2D eigenvalue weighted by molar-refractivity contribution is 0.122. The number of hydrogen-bond acceptors (Lipinski definition) is 4. The van der Waals surface area contributed by atoms with Crippen molar-refractivity contribution in [2.45, 2.75) is 0 Å². The molecule has 1 aliphatic rings. The van der Waals surface area contributed by atoms with Crippen LogP contribution >= 0.6 is 36.2 Å². The van der Waals surface area contributed by atoms with Crippen LogP contribution in [0.25, 0.3) is 21.2 Å². The van der Waals surface area contributed by atoms with Crippen LogP contribution in [0.15, 0.2) is 48.1 Å². The summed E-state index contributed by atoms with van der Waals surface area (Å²) < 4.78 is 6.76. The van der Waals surface area contributed by atoms with E-state index in [1.807, 2.05) is 18.5 Å². The molecule has 6 heteroatoms. The maximum Gasteiger partial charge on any atom is 0.0642 e. The Morgan fingerprint density at radius 3 is 2.65 bits per heavy atom. The lowest BCUT2D eigenvalue weighted by Gasteiger charge is -2.28. The molecule has 1 aromatic carbocycles. The number of aromatic nitrogens is 1. The van der Waals surface area contributed by atoms with Crippen LogP contribution in [0.3, 0.4) is 0 Å². The Bertz CT molecular complexity index is 758. The van der Waals surface area contributed by atoms with Crippen molar-refractivity contribution in [2.75, 3.05) is 31.2 Å². The number of benzene rings is 1. The minimum Gasteiger partial charge on any atom is -0.378 e. The summed E-state index contributed by atoms with van der Waals surface area (Å²) in [6.45, 7) is 3.60. The van der Waals surface area contributed by atoms with Gasteiger partial charge in [0.05, 0.1) is 13.2 Å². The first-order chi connectivity index (χ1) is 10.4. The molecule has 3 aromatic rings. The van der Waals surface area contributed by atoms with E-state index < -0.39 is 0 Å². The molecule has 1 fully saturated rings. The van der Waals surface area contributed by atoms with E-state index in [0.29, 0.717) is 0 Å². The molecule has 0 atom stereocenters. The van der Waals surface area contributed by atoms with Crippen molar-refractivity contribution in [2.24, 2.45) is 0 Å². The average molecular weight is 369 g/mol. The monoisotopic (exact) mass is 368 g/mol. The maximum atomic E-state index is 5.42. The maximum absolute atomic E-state index is 5.42. The summed E-state index contributed by atoms with van der Waals surface area (Å²) in [6.07, 6.45) is 3.74. The second kappa shape index (κ2) is 7.97. The van der Waals surface area contributed by atoms with Crippen molar-refractivity contribution in [1.82, 2.24) is 4.98 Å². The van der Waals surface area contributed by atoms with Crippen LogP contribution in [0.4, 0.5) is 5.69 Å². The Morgan fingerprint density at radius 1 is 1.09 bits per heavy atom. The van der Waals surface area contributed by atoms with Crippen LogP contribution in [-0.2, 0) is 4.74 Å². The molecular weight excluding hydrogens is 351 g/mol. The van der Waals surface area contributed by atoms with Crippen molar-refractivity contribution in [3.05, 3.63) is 48.1 Å². The standard InChI is InChI=1S/C17H16N2OS.2ClH/c1-2-13(11-18-5-1)16-12-21-17-10-14(3-4-15(16)17)19-6-8-20-9-7-19;;/h1-5,10-12H,6-9H2;2*1H. The largest absolute Gasteiger partial charge is 0.378 e. The summed E-state index contributed by atoms with van der Waals surface area (Å²) in [4.78, 5) is 6.62. The van der Waals surface area contributed by atoms with Gasteiger partial charge in [-0.05, 0) is 23.6 Å². The number of rotatable bonds is 2. The Labute approximate surface area is 152 Å². The SMILES string of the molecule is Cl.Cl.c1cncc(-c2csc3cc(N4CCOCC4)ccc23)c1. The molecule has 3 heterocycles. The van der Waals surface area contributed by atoms with Gasteiger partial charge in [-0.3, -0.25) is 4.98 Å². The number of ether oxygens (including phenoxy) is 1. The molecule has 0 spiro atoms. The van der Waals surface area contributed by atoms with Crippen molar-refractivity contribution in [3.63, 3.8) is 0 Å². The first kappa shape index (κ1) is 18.0. The normalized spacial score (nSPS) is 14.2. The van der Waals surface area contributed by atoms with Gasteiger partial charge in [0, 0.05) is 52.4 Å². The predicted octanol–water partition coefficient (Wildman–Crippen LogP) is 4.64. The molecule has 0 N–H and O–H groups in total. The number of thiophene rings is 1. The van der Waals surface area contributed by atoms with E-state index >= 15 is 0 Å². The fraction of sp³-hybridized carbons (Fsp3) is 0.235. The van der Waals surface area contributed by atoms with Gasteiger partial charge in [-0.25, -0.2) is 0 Å². The average Bonchev–Trinajstić information content (AvgIpc) is 2.99. The summed E-state index contributed by atoms with van der Waals surface area (Å²) >= 11 is 1.80. The number of hydrogen-bond donors (Lipinski definition) is 0. The van der Waals surface area contributed by atoms with E-state index in [4.69, 9.17) is 4.74 Å². The first-order valence-electron chi connectivity index (χ1n) is 7.16. The highest BCUT2D eigenvalue weighted by molar-refractivity contribution is 7.17. The number of nitrogens with zero attached hydrogens (tertiary/aromatic N) is 2. The minimum atomic E-state index is 0. The number of anilines is 1. The summed E-state index contributed by atoms with van der Waals surface area (Å²) in [6, 6.07) is 10.9. The molecule has 0 radical (unpaired) electrons. The molecule has 4 rings (SSSR count). The van der Waals surface area contributed by atoms with Crippen molar-refractivity contribution in [1.29, 1.82) is 0 Å². The van der Waals surface area contributed by atoms with Gasteiger partial charge in [0.2, 0.25) is 0 Å². The van der Waals surface area contributed by atoms with Gasteiger partial charge in [-0.2, -0.15) is 0 Å². The fourth-order valence-corrected chi connectivity index (χ4v) is 3.78. The van der Waals surface area contributed by atoms with Gasteiger partial charge in [0.25, 0.3) is 0 Å². The summed E-state index contributed by atoms with van der Waals surface area (Å²) in [7, 11) is 0. The highest BCUT2D eigenvalue weighted by Crippen LogP contribution is 2.35. The van der Waals surface area contributed by atoms with Crippen LogP contribution in [0, 0.1) is 0 Å². The molecule has 1 saturated heterocycles. The topological polar surface area (TPSA) is 25.4 Å². The van der Waals surface area contributed by atoms with Crippen molar-refractivity contribution in [3.8, 4) is 11.1 Å². The Morgan fingerprint density at radius 2 is 1.91 bits per heavy atom. The van der Waals surface area contributed by atoms with E-state index in [9.17, 15) is 0 Å². The second-order valence-electron chi connectivity index (χ2n) is 5.17. The zero-order chi connectivity index (χ0) is 14.1. The molecule has 0 amide bonds. The Balaban J connectivity index is 0.000000960. The summed E-state index contributed by atoms with van der Waals surface area (Å²) in [5, 5.41) is 3.54. The van der Waals surface area contributed by atoms with Crippen molar-refractivity contribution >= 4 is 51.9 Å². The molecular formula is C17H18Cl2N2OS. The highest BCUT2D eigenvalue weighted by Gasteiger charge is 2.13. The molecule has 0 bridgehead atoms. The van der Waals surface area contributed by atoms with E-state index in [1.54, 1.807) is 11.3 Å². The lowest BCUT2D eigenvalue weighted by atomic mass is 10.1. The van der Waals surface area contributed by atoms with Crippen molar-refractivity contribution < 1.29 is 4.74 Å². The predicted molar refractivity (Wildman–Crippen MR) is 103 cm³/mol. The third-order valence-electron chi connectivity index (χ3n) is 3.91.